The lowest BCUT2D eigenvalue weighted by Gasteiger charge is -2.28. The lowest BCUT2D eigenvalue weighted by molar-refractivity contribution is 0.0600. The van der Waals surface area contributed by atoms with Crippen LogP contribution in [0.5, 0.6) is 5.88 Å². The Balaban J connectivity index is 1.41. The van der Waals surface area contributed by atoms with Gasteiger partial charge in [0.25, 0.3) is 0 Å². The lowest BCUT2D eigenvalue weighted by atomic mass is 9.98. The number of hydrogen-bond donors (Lipinski definition) is 2. The second-order valence-electron chi connectivity index (χ2n) is 10.5. The van der Waals surface area contributed by atoms with Gasteiger partial charge in [-0.15, -0.1) is 0 Å². The van der Waals surface area contributed by atoms with Crippen LogP contribution in [0, 0.1) is 6.92 Å². The number of carbonyl (C=O) groups excluding carboxylic acids is 2. The zero-order valence-corrected chi connectivity index (χ0v) is 23.3. The number of aliphatic imine (C=N–C) groups is 1. The van der Waals surface area contributed by atoms with Crippen LogP contribution in [0.25, 0.3) is 10.9 Å². The van der Waals surface area contributed by atoms with E-state index in [0.717, 1.165) is 37.0 Å². The van der Waals surface area contributed by atoms with Crippen LogP contribution >= 0.6 is 0 Å². The highest BCUT2D eigenvalue weighted by Gasteiger charge is 2.22. The van der Waals surface area contributed by atoms with E-state index >= 15 is 0 Å². The minimum atomic E-state index is -0.695. The maximum atomic E-state index is 13.4. The van der Waals surface area contributed by atoms with E-state index in [1.807, 2.05) is 43.3 Å². The highest BCUT2D eigenvalue weighted by atomic mass is 19.1. The fourth-order valence-corrected chi connectivity index (χ4v) is 5.35. The van der Waals surface area contributed by atoms with Crippen molar-refractivity contribution >= 4 is 34.1 Å². The number of halogens is 1. The molecule has 2 heterocycles. The van der Waals surface area contributed by atoms with Gasteiger partial charge in [-0.3, -0.25) is 4.79 Å². The third-order valence-electron chi connectivity index (χ3n) is 7.64. The molecule has 0 unspecified atom stereocenters. The molecule has 1 aromatic heterocycles. The molecule has 0 spiro atoms. The monoisotopic (exact) mass is 555 g/mol. The highest BCUT2D eigenvalue weighted by Crippen LogP contribution is 2.33. The number of aryl methyl sites for hydroxylation is 1. The van der Waals surface area contributed by atoms with Crippen LogP contribution in [0.4, 0.5) is 10.1 Å². The van der Waals surface area contributed by atoms with Gasteiger partial charge in [-0.05, 0) is 74.7 Å². The molecule has 1 saturated heterocycles. The number of aromatic nitrogens is 1. The molecule has 5 rings (SSSR count). The molecule has 7 nitrogen and oxygen atoms in total. The number of aromatic amines is 1. The smallest absolute Gasteiger partial charge is 0.338 e. The van der Waals surface area contributed by atoms with E-state index in [4.69, 9.17) is 9.73 Å². The number of H-pyrrole nitrogens is 1. The number of rotatable bonds is 9. The van der Waals surface area contributed by atoms with Gasteiger partial charge in [0, 0.05) is 41.5 Å². The van der Waals surface area contributed by atoms with E-state index in [1.165, 1.54) is 7.11 Å². The van der Waals surface area contributed by atoms with Gasteiger partial charge in [0.05, 0.1) is 29.6 Å². The van der Waals surface area contributed by atoms with Gasteiger partial charge < -0.3 is 19.7 Å². The number of hydrogen-bond acceptors (Lipinski definition) is 6. The second kappa shape index (κ2) is 12.5. The van der Waals surface area contributed by atoms with Crippen LogP contribution in [-0.2, 0) is 4.74 Å². The number of piperidine rings is 1. The van der Waals surface area contributed by atoms with Gasteiger partial charge in [0.1, 0.15) is 6.17 Å². The minimum Gasteiger partial charge on any atom is -0.494 e. The molecule has 0 atom stereocenters. The number of nitrogens with one attached hydrogen (secondary N) is 1. The SMILES string of the molecule is COC(=O)c1cc2[nH]c(O)c(C(=Nc3ccc(C(=O)CCCN4CCC(F)CC4)cc3)c3ccccc3)c2cc1C. The summed E-state index contributed by atoms with van der Waals surface area (Å²) in [5.74, 6) is -0.449. The molecule has 41 heavy (non-hydrogen) atoms. The van der Waals surface area contributed by atoms with Crippen molar-refractivity contribution in [1.29, 1.82) is 0 Å². The van der Waals surface area contributed by atoms with Gasteiger partial charge in [-0.1, -0.05) is 30.3 Å². The Morgan fingerprint density at radius 2 is 1.76 bits per heavy atom. The van der Waals surface area contributed by atoms with Crippen molar-refractivity contribution in [3.8, 4) is 5.88 Å². The van der Waals surface area contributed by atoms with E-state index in [9.17, 15) is 19.1 Å². The number of esters is 1. The van der Waals surface area contributed by atoms with Crippen LogP contribution in [0.2, 0.25) is 0 Å². The van der Waals surface area contributed by atoms with Crippen LogP contribution in [0.15, 0.2) is 71.7 Å². The number of fused-ring (bicyclic) bond motifs is 1. The fraction of sp³-hybridized carbons (Fsp3) is 0.303. The van der Waals surface area contributed by atoms with Crippen molar-refractivity contribution in [2.75, 3.05) is 26.7 Å². The van der Waals surface area contributed by atoms with Gasteiger partial charge in [-0.2, -0.15) is 0 Å². The summed E-state index contributed by atoms with van der Waals surface area (Å²) >= 11 is 0. The number of ketones is 1. The summed E-state index contributed by atoms with van der Waals surface area (Å²) < 4.78 is 18.3. The predicted molar refractivity (Wildman–Crippen MR) is 158 cm³/mol. The van der Waals surface area contributed by atoms with E-state index in [1.54, 1.807) is 30.3 Å². The molecule has 1 aliphatic heterocycles. The van der Waals surface area contributed by atoms with Crippen molar-refractivity contribution in [2.24, 2.45) is 4.99 Å². The third kappa shape index (κ3) is 6.38. The number of likely N-dealkylation sites (tertiary alicyclic amines) is 1. The first kappa shape index (κ1) is 28.2. The molecule has 0 aliphatic carbocycles. The summed E-state index contributed by atoms with van der Waals surface area (Å²) in [7, 11) is 1.33. The Morgan fingerprint density at radius 1 is 1.05 bits per heavy atom. The average Bonchev–Trinajstić information content (AvgIpc) is 3.30. The summed E-state index contributed by atoms with van der Waals surface area (Å²) in [5, 5.41) is 11.7. The molecule has 1 fully saturated rings. The molecular formula is C33H34FN3O4. The standard InChI is InChI=1S/C33H34FN3O4/c1-21-19-27-28(20-26(21)33(40)41-2)36-32(39)30(27)31(23-7-4-3-5-8-23)35-25-12-10-22(11-13-25)29(38)9-6-16-37-17-14-24(34)15-18-37/h3-5,7-8,10-13,19-20,24,36,39H,6,9,14-18H2,1-2H3. The molecule has 0 saturated carbocycles. The summed E-state index contributed by atoms with van der Waals surface area (Å²) in [5.41, 5.74) is 4.83. The Hall–Kier alpha value is -4.30. The number of aromatic hydroxyl groups is 1. The Morgan fingerprint density at radius 3 is 2.44 bits per heavy atom. The molecule has 2 N–H and O–H groups in total. The van der Waals surface area contributed by atoms with E-state index in [2.05, 4.69) is 9.88 Å². The van der Waals surface area contributed by atoms with Crippen LogP contribution in [-0.4, -0.2) is 65.4 Å². The molecule has 0 bridgehead atoms. The summed E-state index contributed by atoms with van der Waals surface area (Å²) in [6, 6.07) is 20.2. The Kier molecular flexibility index (Phi) is 8.59. The van der Waals surface area contributed by atoms with Crippen LogP contribution < -0.4 is 0 Å². The van der Waals surface area contributed by atoms with E-state index in [-0.39, 0.29) is 11.7 Å². The molecule has 212 valence electrons. The number of ether oxygens (including phenoxy) is 1. The minimum absolute atomic E-state index is 0.0634. The molecule has 1 aliphatic rings. The third-order valence-corrected chi connectivity index (χ3v) is 7.64. The second-order valence-corrected chi connectivity index (χ2v) is 10.5. The highest BCUT2D eigenvalue weighted by molar-refractivity contribution is 6.22. The zero-order valence-electron chi connectivity index (χ0n) is 23.3. The normalized spacial score (nSPS) is 14.9. The van der Waals surface area contributed by atoms with Crippen molar-refractivity contribution in [2.45, 2.75) is 38.8 Å². The maximum Gasteiger partial charge on any atom is 0.338 e. The first-order chi connectivity index (χ1) is 19.8. The predicted octanol–water partition coefficient (Wildman–Crippen LogP) is 6.53. The van der Waals surface area contributed by atoms with Gasteiger partial charge in [-0.25, -0.2) is 14.2 Å². The number of nitrogens with zero attached hydrogens (tertiary/aromatic N) is 2. The molecule has 8 heteroatoms. The van der Waals surface area contributed by atoms with Crippen molar-refractivity contribution in [1.82, 2.24) is 9.88 Å². The topological polar surface area (TPSA) is 95.0 Å². The Labute approximate surface area is 238 Å². The van der Waals surface area contributed by atoms with Crippen LogP contribution in [0.1, 0.15) is 63.1 Å². The average molecular weight is 556 g/mol. The van der Waals surface area contributed by atoms with Crippen molar-refractivity contribution in [3.05, 3.63) is 94.5 Å². The molecular weight excluding hydrogens is 521 g/mol. The van der Waals surface area contributed by atoms with Gasteiger partial charge in [0.2, 0.25) is 0 Å². The fourth-order valence-electron chi connectivity index (χ4n) is 5.35. The van der Waals surface area contributed by atoms with Gasteiger partial charge >= 0.3 is 5.97 Å². The van der Waals surface area contributed by atoms with Crippen LogP contribution in [0.3, 0.4) is 0 Å². The van der Waals surface area contributed by atoms with Crippen molar-refractivity contribution < 1.29 is 23.8 Å². The number of Topliss-reactive ketones (excluding diaryl/α,β-unsaturated/α-hetero) is 1. The maximum absolute atomic E-state index is 13.4. The van der Waals surface area contributed by atoms with Crippen molar-refractivity contribution in [3.63, 3.8) is 0 Å². The number of carbonyl (C=O) groups is 2. The quantitative estimate of drug-likeness (QED) is 0.139. The lowest BCUT2D eigenvalue weighted by Crippen LogP contribution is -2.35. The van der Waals surface area contributed by atoms with Gasteiger partial charge in [0.15, 0.2) is 11.7 Å². The molecule has 3 aromatic carbocycles. The summed E-state index contributed by atoms with van der Waals surface area (Å²) in [4.78, 5) is 35.2. The first-order valence-corrected chi connectivity index (χ1v) is 13.9. The Bertz CT molecular complexity index is 1570. The van der Waals surface area contributed by atoms with E-state index in [0.29, 0.717) is 58.4 Å². The molecule has 0 amide bonds. The summed E-state index contributed by atoms with van der Waals surface area (Å²) in [6.45, 7) is 4.13. The summed E-state index contributed by atoms with van der Waals surface area (Å²) in [6.07, 6.45) is 1.63. The molecule has 0 radical (unpaired) electrons. The largest absolute Gasteiger partial charge is 0.494 e. The molecule has 4 aromatic rings. The number of methoxy groups -OCH3 is 1. The number of alkyl halides is 1. The number of benzene rings is 3. The zero-order chi connectivity index (χ0) is 28.9. The van der Waals surface area contributed by atoms with E-state index < -0.39 is 12.1 Å². The first-order valence-electron chi connectivity index (χ1n) is 13.9.